The van der Waals surface area contributed by atoms with Gasteiger partial charge in [0.1, 0.15) is 0 Å². The van der Waals surface area contributed by atoms with Crippen molar-refractivity contribution >= 4 is 23.1 Å². The Hall–Kier alpha value is -1.47. The van der Waals surface area contributed by atoms with E-state index in [0.717, 1.165) is 0 Å². The minimum atomic E-state index is 0. The number of hydrogen-bond acceptors (Lipinski definition) is 0. The molecule has 0 saturated heterocycles. The van der Waals surface area contributed by atoms with Crippen molar-refractivity contribution in [2.75, 3.05) is 0 Å². The predicted molar refractivity (Wildman–Crippen MR) is 211 cm³/mol. The van der Waals surface area contributed by atoms with Crippen molar-refractivity contribution in [2.24, 2.45) is 0 Å². The molecule has 0 aromatic rings. The van der Waals surface area contributed by atoms with Crippen molar-refractivity contribution in [3.63, 3.8) is 0 Å². The molecular formula is H114MgO56. The van der Waals surface area contributed by atoms with E-state index in [1.807, 2.05) is 0 Å². The van der Waals surface area contributed by atoms with Crippen LogP contribution in [0.3, 0.4) is 0 Å². The third-order valence-corrected chi connectivity index (χ3v) is 0. The van der Waals surface area contributed by atoms with Gasteiger partial charge in [-0.1, -0.05) is 0 Å². The van der Waals surface area contributed by atoms with E-state index in [1.165, 1.54) is 0 Å². The van der Waals surface area contributed by atoms with Gasteiger partial charge in [-0.15, -0.1) is 0 Å². The minimum absolute atomic E-state index is 0. The Morgan fingerprint density at radius 2 is 0.0351 bits per heavy atom. The molecular weight excluding hydrogens is 920 g/mol. The van der Waals surface area contributed by atoms with Crippen LogP contribution in [-0.4, -0.2) is 330 Å². The molecule has 0 radical (unpaired) electrons. The average Bonchev–Trinajstić information content (AvgIpc) is 0. The highest BCUT2D eigenvalue weighted by Gasteiger charge is 0.316. The summed E-state index contributed by atoms with van der Waals surface area (Å²) in [5.41, 5.74) is 0. The van der Waals surface area contributed by atoms with Crippen LogP contribution < -0.4 is 0 Å². The fourth-order valence-corrected chi connectivity index (χ4v) is 0. The maximum Gasteiger partial charge on any atom is 0.316 e. The summed E-state index contributed by atoms with van der Waals surface area (Å²) in [6, 6.07) is 0. The molecule has 0 aromatic heterocycles. The van der Waals surface area contributed by atoms with E-state index in [2.05, 4.69) is 0 Å². The molecule has 0 aliphatic carbocycles. The number of hydrogen-bond donors (Lipinski definition) is 0. The smallest absolute Gasteiger partial charge is 0.316 e. The normalized spacial score (nSPS) is 0. The lowest BCUT2D eigenvalue weighted by Gasteiger charge is -0.413. The third kappa shape index (κ3) is 69300. The molecule has 452 valence electrons. The Kier molecular flexibility index (Phi) is 95900000. The van der Waals surface area contributed by atoms with Gasteiger partial charge in [0.05, 0.1) is 0 Å². The van der Waals surface area contributed by atoms with E-state index < -0.39 is 0 Å². The molecule has 0 amide bonds. The molecule has 0 bridgehead atoms. The Bertz CT molecular complexity index is 7.26. The molecule has 0 spiro atoms. The van der Waals surface area contributed by atoms with Gasteiger partial charge >= 0.3 is 23.1 Å². The van der Waals surface area contributed by atoms with Crippen LogP contribution in [0.15, 0.2) is 0 Å². The van der Waals surface area contributed by atoms with Gasteiger partial charge in [-0.3, -0.25) is 0 Å². The zero-order valence-electron chi connectivity index (χ0n) is 28.0. The number of rotatable bonds is 0. The van der Waals surface area contributed by atoms with E-state index in [9.17, 15) is 0 Å². The predicted octanol–water partition coefficient (Wildman–Crippen LogP) is -47.1. The average molecular weight is 1040 g/mol. The molecule has 0 aliphatic rings. The fraction of sp³-hybridized carbons (Fsp3) is 0. The Balaban J connectivity index is 0. The molecule has 0 aliphatic heterocycles. The first-order valence-corrected chi connectivity index (χ1v) is 0. The standard InChI is InChI=1S/Mg.56H2O.2H/h;56*1H2;;. The second-order valence-corrected chi connectivity index (χ2v) is 0. The van der Waals surface area contributed by atoms with Crippen LogP contribution in [0.25, 0.3) is 0 Å². The third-order valence-electron chi connectivity index (χ3n) is 0. The van der Waals surface area contributed by atoms with Crippen molar-refractivity contribution in [1.82, 2.24) is 0 Å². The summed E-state index contributed by atoms with van der Waals surface area (Å²) in [5, 5.41) is 0. The second-order valence-electron chi connectivity index (χ2n) is 0. The van der Waals surface area contributed by atoms with Gasteiger partial charge in [0.2, 0.25) is 0 Å². The topological polar surface area (TPSA) is 1760 Å². The van der Waals surface area contributed by atoms with Crippen LogP contribution in [-0.2, 0) is 0 Å². The van der Waals surface area contributed by atoms with Crippen LogP contribution in [0.2, 0.25) is 0 Å². The monoisotopic (exact) mass is 1030 g/mol. The van der Waals surface area contributed by atoms with Crippen molar-refractivity contribution in [2.45, 2.75) is 0 Å². The molecule has 112 N–H and O–H groups in total. The molecule has 57 heavy (non-hydrogen) atoms. The summed E-state index contributed by atoms with van der Waals surface area (Å²) in [6.45, 7) is 0. The Morgan fingerprint density at radius 1 is 0.0351 bits per heavy atom. The largest absolute Gasteiger partial charge is 0.412 e. The van der Waals surface area contributed by atoms with Gasteiger partial charge in [0.15, 0.2) is 0 Å². The summed E-state index contributed by atoms with van der Waals surface area (Å²) >= 11 is 0. The molecule has 0 unspecified atom stereocenters. The maximum atomic E-state index is 0. The summed E-state index contributed by atoms with van der Waals surface area (Å²) in [7, 11) is 0. The SMILES string of the molecule is O.O.O.O.O.O.O.O.O.O.O.O.O.O.O.O.O.O.O.O.O.O.O.O.O.O.O.O.O.O.O.O.O.O.O.O.O.O.O.O.O.O.O.O.O.O.O.O.O.O.O.O.O.O.O.O.[MgH2]. The lowest BCUT2D eigenvalue weighted by molar-refractivity contribution is 0.823. The lowest BCUT2D eigenvalue weighted by atomic mass is 16.0. The molecule has 0 heterocycles. The van der Waals surface area contributed by atoms with Crippen molar-refractivity contribution in [3.8, 4) is 0 Å². The molecule has 0 aromatic carbocycles. The van der Waals surface area contributed by atoms with Gasteiger partial charge in [0, 0.05) is 0 Å². The lowest BCUT2D eigenvalue weighted by Crippen LogP contribution is -0.381. The highest BCUT2D eigenvalue weighted by Crippen LogP contribution is -0.234. The van der Waals surface area contributed by atoms with Gasteiger partial charge in [-0.25, -0.2) is 0 Å². The Morgan fingerprint density at radius 3 is 0.0351 bits per heavy atom. The van der Waals surface area contributed by atoms with E-state index in [4.69, 9.17) is 0 Å². The van der Waals surface area contributed by atoms with Crippen LogP contribution >= 0.6 is 0 Å². The molecule has 0 rings (SSSR count). The van der Waals surface area contributed by atoms with Crippen molar-refractivity contribution < 1.29 is 307 Å². The highest BCUT2D eigenvalue weighted by molar-refractivity contribution is 5.75. The zero-order valence-corrected chi connectivity index (χ0v) is 28.0. The molecule has 0 atom stereocenters. The van der Waals surface area contributed by atoms with Gasteiger partial charge in [-0.2, -0.15) is 0 Å². The van der Waals surface area contributed by atoms with Crippen LogP contribution in [0.4, 0.5) is 0 Å². The Labute approximate surface area is 331 Å². The molecule has 57 heteroatoms. The first-order chi connectivity index (χ1) is 0. The van der Waals surface area contributed by atoms with E-state index in [0.29, 0.717) is 0 Å². The quantitative estimate of drug-likeness (QED) is 0.204. The van der Waals surface area contributed by atoms with E-state index >= 15 is 0 Å². The van der Waals surface area contributed by atoms with Crippen molar-refractivity contribution in [1.29, 1.82) is 0 Å². The minimum Gasteiger partial charge on any atom is -0.412 e. The molecule has 0 saturated carbocycles. The van der Waals surface area contributed by atoms with Crippen LogP contribution in [0, 0.1) is 0 Å². The second kappa shape index (κ2) is 71900. The molecule has 56 nitrogen and oxygen atoms in total. The van der Waals surface area contributed by atoms with Crippen molar-refractivity contribution in [3.05, 3.63) is 0 Å². The summed E-state index contributed by atoms with van der Waals surface area (Å²) in [6.07, 6.45) is 0. The summed E-state index contributed by atoms with van der Waals surface area (Å²) in [4.78, 5) is 0. The molecule has 0 fully saturated rings. The first-order valence-electron chi connectivity index (χ1n) is 0. The van der Waals surface area contributed by atoms with E-state index in [1.54, 1.807) is 0 Å². The summed E-state index contributed by atoms with van der Waals surface area (Å²) in [5.74, 6) is 0. The summed E-state index contributed by atoms with van der Waals surface area (Å²) < 4.78 is 0. The highest BCUT2D eigenvalue weighted by atomic mass is 24.3. The van der Waals surface area contributed by atoms with Gasteiger partial charge < -0.3 is 307 Å². The first kappa shape index (κ1) is 76000. The van der Waals surface area contributed by atoms with Crippen LogP contribution in [0.1, 0.15) is 0 Å². The van der Waals surface area contributed by atoms with Gasteiger partial charge in [-0.05, 0) is 0 Å². The van der Waals surface area contributed by atoms with Gasteiger partial charge in [0.25, 0.3) is 0 Å². The zero-order chi connectivity index (χ0) is 0. The van der Waals surface area contributed by atoms with E-state index in [-0.39, 0.29) is 330 Å². The maximum absolute atomic E-state index is 0. The van der Waals surface area contributed by atoms with Crippen LogP contribution in [0.5, 0.6) is 0 Å². The fourth-order valence-electron chi connectivity index (χ4n) is 0.